The van der Waals surface area contributed by atoms with Gasteiger partial charge >= 0.3 is 5.97 Å². The molecule has 0 spiro atoms. The van der Waals surface area contributed by atoms with Gasteiger partial charge in [0.05, 0.1) is 13.0 Å². The van der Waals surface area contributed by atoms with E-state index in [-0.39, 0.29) is 11.9 Å². The van der Waals surface area contributed by atoms with E-state index in [4.69, 9.17) is 4.74 Å². The molecule has 1 N–H and O–H groups in total. The first-order valence-electron chi connectivity index (χ1n) is 5.34. The number of hydrogen-bond donors (Lipinski definition) is 1. The number of esters is 1. The number of methoxy groups -OCH3 is 1. The van der Waals surface area contributed by atoms with Crippen LogP contribution in [-0.4, -0.2) is 25.7 Å². The smallest absolute Gasteiger partial charge is 0.310 e. The summed E-state index contributed by atoms with van der Waals surface area (Å²) in [6.45, 7) is 9.04. The molecule has 0 rings (SSSR count). The van der Waals surface area contributed by atoms with Gasteiger partial charge in [-0.15, -0.1) is 0 Å². The minimum Gasteiger partial charge on any atom is -0.469 e. The highest BCUT2D eigenvalue weighted by Crippen LogP contribution is 2.11. The van der Waals surface area contributed by atoms with Crippen molar-refractivity contribution in [3.8, 4) is 0 Å². The average molecular weight is 201 g/mol. The predicted molar refractivity (Wildman–Crippen MR) is 58.1 cm³/mol. The summed E-state index contributed by atoms with van der Waals surface area (Å²) in [6.07, 6.45) is 1.08. The van der Waals surface area contributed by atoms with Crippen molar-refractivity contribution >= 4 is 5.97 Å². The van der Waals surface area contributed by atoms with E-state index in [1.807, 2.05) is 13.8 Å². The minimum absolute atomic E-state index is 0.0333. The maximum absolute atomic E-state index is 11.4. The Hall–Kier alpha value is -0.570. The van der Waals surface area contributed by atoms with Crippen molar-refractivity contribution in [3.63, 3.8) is 0 Å². The summed E-state index contributed by atoms with van der Waals surface area (Å²) in [5.74, 6) is 0.170. The van der Waals surface area contributed by atoms with Crippen LogP contribution in [0.25, 0.3) is 0 Å². The van der Waals surface area contributed by atoms with Gasteiger partial charge in [-0.05, 0) is 19.3 Å². The van der Waals surface area contributed by atoms with Gasteiger partial charge in [0.1, 0.15) is 0 Å². The Balaban J connectivity index is 4.04. The third kappa shape index (κ3) is 4.61. The van der Waals surface area contributed by atoms with Crippen LogP contribution in [0.5, 0.6) is 0 Å². The molecule has 0 fully saturated rings. The van der Waals surface area contributed by atoms with Crippen LogP contribution in [0.1, 0.15) is 34.1 Å². The van der Waals surface area contributed by atoms with Crippen molar-refractivity contribution in [3.05, 3.63) is 0 Å². The first-order chi connectivity index (χ1) is 6.52. The average Bonchev–Trinajstić information content (AvgIpc) is 2.16. The first-order valence-corrected chi connectivity index (χ1v) is 5.34. The van der Waals surface area contributed by atoms with E-state index < -0.39 is 0 Å². The van der Waals surface area contributed by atoms with Crippen LogP contribution in [0, 0.1) is 11.8 Å². The lowest BCUT2D eigenvalue weighted by Gasteiger charge is -2.21. The number of nitrogens with one attached hydrogen (secondary N) is 1. The highest BCUT2D eigenvalue weighted by atomic mass is 16.5. The van der Waals surface area contributed by atoms with E-state index >= 15 is 0 Å². The summed E-state index contributed by atoms with van der Waals surface area (Å²) < 4.78 is 4.76. The predicted octanol–water partition coefficient (Wildman–Crippen LogP) is 1.82. The molecule has 0 heterocycles. The second-order valence-electron chi connectivity index (χ2n) is 4.09. The third-order valence-corrected chi connectivity index (χ3v) is 2.61. The standard InChI is InChI=1S/C11H23NO2/c1-6-9(4)12-7-10(8(2)3)11(13)14-5/h8-10,12H,6-7H2,1-5H3. The Morgan fingerprint density at radius 1 is 1.36 bits per heavy atom. The van der Waals surface area contributed by atoms with E-state index in [1.54, 1.807) is 0 Å². The molecule has 14 heavy (non-hydrogen) atoms. The zero-order chi connectivity index (χ0) is 11.1. The van der Waals surface area contributed by atoms with Gasteiger partial charge < -0.3 is 10.1 Å². The van der Waals surface area contributed by atoms with Crippen molar-refractivity contribution < 1.29 is 9.53 Å². The summed E-state index contributed by atoms with van der Waals surface area (Å²) in [7, 11) is 1.45. The molecule has 0 radical (unpaired) electrons. The third-order valence-electron chi connectivity index (χ3n) is 2.61. The number of rotatable bonds is 6. The molecule has 0 saturated carbocycles. The molecule has 3 nitrogen and oxygen atoms in total. The molecule has 0 aromatic carbocycles. The zero-order valence-electron chi connectivity index (χ0n) is 9.96. The molecule has 0 amide bonds. The summed E-state index contributed by atoms with van der Waals surface area (Å²) in [5, 5.41) is 3.33. The van der Waals surface area contributed by atoms with Crippen molar-refractivity contribution in [2.24, 2.45) is 11.8 Å². The van der Waals surface area contributed by atoms with Crippen LogP contribution in [0.2, 0.25) is 0 Å². The normalized spacial score (nSPS) is 15.3. The molecule has 2 unspecified atom stereocenters. The van der Waals surface area contributed by atoms with Gasteiger partial charge in [0.15, 0.2) is 0 Å². The first kappa shape index (κ1) is 13.4. The van der Waals surface area contributed by atoms with Crippen LogP contribution in [0.4, 0.5) is 0 Å². The fourth-order valence-corrected chi connectivity index (χ4v) is 1.22. The van der Waals surface area contributed by atoms with Crippen LogP contribution < -0.4 is 5.32 Å². The van der Waals surface area contributed by atoms with E-state index in [0.717, 1.165) is 6.42 Å². The van der Waals surface area contributed by atoms with E-state index in [2.05, 4.69) is 19.2 Å². The Bertz CT molecular complexity index is 169. The summed E-state index contributed by atoms with van der Waals surface area (Å²) in [4.78, 5) is 11.4. The van der Waals surface area contributed by atoms with Crippen LogP contribution in [0.3, 0.4) is 0 Å². The van der Waals surface area contributed by atoms with Gasteiger partial charge in [0.25, 0.3) is 0 Å². The molecule has 0 aliphatic rings. The summed E-state index contributed by atoms with van der Waals surface area (Å²) >= 11 is 0. The van der Waals surface area contributed by atoms with Gasteiger partial charge in [0, 0.05) is 12.6 Å². The van der Waals surface area contributed by atoms with Gasteiger partial charge in [-0.2, -0.15) is 0 Å². The highest BCUT2D eigenvalue weighted by Gasteiger charge is 2.22. The number of ether oxygens (including phenoxy) is 1. The molecule has 0 saturated heterocycles. The summed E-state index contributed by atoms with van der Waals surface area (Å²) in [5.41, 5.74) is 0. The monoisotopic (exact) mass is 201 g/mol. The van der Waals surface area contributed by atoms with Gasteiger partial charge in [-0.25, -0.2) is 0 Å². The molecule has 2 atom stereocenters. The summed E-state index contributed by atoms with van der Waals surface area (Å²) in [6, 6.07) is 0.459. The lowest BCUT2D eigenvalue weighted by molar-refractivity contribution is -0.146. The van der Waals surface area contributed by atoms with Gasteiger partial charge in [0.2, 0.25) is 0 Å². The molecular weight excluding hydrogens is 178 g/mol. The molecule has 0 bridgehead atoms. The van der Waals surface area contributed by atoms with Crippen molar-refractivity contribution in [2.45, 2.75) is 40.2 Å². The Labute approximate surface area is 87.2 Å². The quantitative estimate of drug-likeness (QED) is 0.666. The van der Waals surface area contributed by atoms with Gasteiger partial charge in [-0.3, -0.25) is 4.79 Å². The molecule has 0 aromatic rings. The SMILES string of the molecule is CCC(C)NCC(C(=O)OC)C(C)C. The maximum Gasteiger partial charge on any atom is 0.310 e. The van der Waals surface area contributed by atoms with E-state index in [1.165, 1.54) is 7.11 Å². The highest BCUT2D eigenvalue weighted by molar-refractivity contribution is 5.72. The lowest BCUT2D eigenvalue weighted by Crippen LogP contribution is -2.37. The van der Waals surface area contributed by atoms with Gasteiger partial charge in [-0.1, -0.05) is 20.8 Å². The van der Waals surface area contributed by atoms with Crippen molar-refractivity contribution in [1.82, 2.24) is 5.32 Å². The molecule has 0 aliphatic carbocycles. The molecule has 3 heteroatoms. The molecule has 0 aliphatic heterocycles. The minimum atomic E-state index is -0.115. The molecular formula is C11H23NO2. The molecule has 84 valence electrons. The number of hydrogen-bond acceptors (Lipinski definition) is 3. The fraction of sp³-hybridized carbons (Fsp3) is 0.909. The maximum atomic E-state index is 11.4. The Morgan fingerprint density at radius 2 is 1.93 bits per heavy atom. The fourth-order valence-electron chi connectivity index (χ4n) is 1.22. The zero-order valence-corrected chi connectivity index (χ0v) is 9.96. The van der Waals surface area contributed by atoms with Crippen molar-refractivity contribution in [1.29, 1.82) is 0 Å². The second kappa shape index (κ2) is 6.82. The largest absolute Gasteiger partial charge is 0.469 e. The topological polar surface area (TPSA) is 38.3 Å². The van der Waals surface area contributed by atoms with E-state index in [0.29, 0.717) is 18.5 Å². The lowest BCUT2D eigenvalue weighted by atomic mass is 9.95. The van der Waals surface area contributed by atoms with Crippen molar-refractivity contribution in [2.75, 3.05) is 13.7 Å². The number of carbonyl (C=O) groups excluding carboxylic acids is 1. The van der Waals surface area contributed by atoms with E-state index in [9.17, 15) is 4.79 Å². The van der Waals surface area contributed by atoms with Crippen LogP contribution in [0.15, 0.2) is 0 Å². The van der Waals surface area contributed by atoms with Crippen LogP contribution in [-0.2, 0) is 9.53 Å². The van der Waals surface area contributed by atoms with Crippen LogP contribution >= 0.6 is 0 Å². The Morgan fingerprint density at radius 3 is 2.29 bits per heavy atom. The second-order valence-corrected chi connectivity index (χ2v) is 4.09. The number of carbonyl (C=O) groups is 1. The molecule has 0 aromatic heterocycles. The Kier molecular flexibility index (Phi) is 6.54.